The molecule has 0 radical (unpaired) electrons. The third-order valence-corrected chi connectivity index (χ3v) is 3.15. The van der Waals surface area contributed by atoms with E-state index in [0.717, 1.165) is 6.07 Å². The number of ether oxygens (including phenoxy) is 1. The molecular formula is C17H27FN2O3. The van der Waals surface area contributed by atoms with E-state index in [-0.39, 0.29) is 11.8 Å². The standard InChI is InChI=1S/C17H27FN2O3/c1-11(13-8-7-12(18)9-14(13)21)19-10-17(5,6)20-15(22)23-16(2,3)4/h7-9,11,19,21H,10H2,1-6H3,(H,20,22). The SMILES string of the molecule is CC(NCC(C)(C)NC(=O)OC(C)(C)C)c1ccc(F)cc1O. The number of carbonyl (C=O) groups excluding carboxylic acids is 1. The molecular weight excluding hydrogens is 299 g/mol. The van der Waals surface area contributed by atoms with Gasteiger partial charge in [-0.2, -0.15) is 0 Å². The zero-order valence-electron chi connectivity index (χ0n) is 14.7. The molecule has 130 valence electrons. The van der Waals surface area contributed by atoms with Gasteiger partial charge in [-0.1, -0.05) is 6.07 Å². The minimum atomic E-state index is -0.555. The van der Waals surface area contributed by atoms with E-state index >= 15 is 0 Å². The van der Waals surface area contributed by atoms with Gasteiger partial charge < -0.3 is 20.5 Å². The van der Waals surface area contributed by atoms with Crippen LogP contribution in [0.1, 0.15) is 53.1 Å². The molecule has 1 aromatic carbocycles. The molecule has 0 aliphatic rings. The van der Waals surface area contributed by atoms with Gasteiger partial charge in [0.2, 0.25) is 0 Å². The molecule has 1 amide bonds. The molecule has 1 rings (SSSR count). The van der Waals surface area contributed by atoms with Crippen molar-refractivity contribution in [2.45, 2.75) is 58.7 Å². The molecule has 3 N–H and O–H groups in total. The van der Waals surface area contributed by atoms with Crippen molar-refractivity contribution >= 4 is 6.09 Å². The van der Waals surface area contributed by atoms with Gasteiger partial charge in [0.1, 0.15) is 17.2 Å². The Hall–Kier alpha value is -1.82. The van der Waals surface area contributed by atoms with Crippen molar-refractivity contribution in [2.75, 3.05) is 6.54 Å². The molecule has 6 heteroatoms. The molecule has 5 nitrogen and oxygen atoms in total. The van der Waals surface area contributed by atoms with Gasteiger partial charge in [-0.15, -0.1) is 0 Å². The summed E-state index contributed by atoms with van der Waals surface area (Å²) in [7, 11) is 0. The molecule has 0 saturated heterocycles. The summed E-state index contributed by atoms with van der Waals surface area (Å²) < 4.78 is 18.3. The number of hydrogen-bond acceptors (Lipinski definition) is 4. The van der Waals surface area contributed by atoms with Crippen molar-refractivity contribution < 1.29 is 19.0 Å². The van der Waals surface area contributed by atoms with Crippen molar-refractivity contribution in [1.82, 2.24) is 10.6 Å². The van der Waals surface area contributed by atoms with E-state index in [1.807, 2.05) is 20.8 Å². The Kier molecular flexibility index (Phi) is 5.99. The van der Waals surface area contributed by atoms with E-state index in [2.05, 4.69) is 10.6 Å². The molecule has 0 aliphatic heterocycles. The fourth-order valence-corrected chi connectivity index (χ4v) is 2.03. The van der Waals surface area contributed by atoms with Crippen LogP contribution in [0.5, 0.6) is 5.75 Å². The summed E-state index contributed by atoms with van der Waals surface area (Å²) in [6, 6.07) is 3.72. The lowest BCUT2D eigenvalue weighted by Gasteiger charge is -2.30. The maximum Gasteiger partial charge on any atom is 0.408 e. The Morgan fingerprint density at radius 3 is 2.43 bits per heavy atom. The molecule has 0 saturated carbocycles. The van der Waals surface area contributed by atoms with Gasteiger partial charge in [-0.3, -0.25) is 0 Å². The quantitative estimate of drug-likeness (QED) is 0.775. The van der Waals surface area contributed by atoms with E-state index in [9.17, 15) is 14.3 Å². The minimum absolute atomic E-state index is 0.0945. The van der Waals surface area contributed by atoms with E-state index in [0.29, 0.717) is 12.1 Å². The topological polar surface area (TPSA) is 70.6 Å². The number of carbonyl (C=O) groups is 1. The molecule has 0 aromatic heterocycles. The lowest BCUT2D eigenvalue weighted by Crippen LogP contribution is -2.51. The monoisotopic (exact) mass is 326 g/mol. The average molecular weight is 326 g/mol. The van der Waals surface area contributed by atoms with Crippen molar-refractivity contribution in [1.29, 1.82) is 0 Å². The number of rotatable bonds is 5. The van der Waals surface area contributed by atoms with Crippen LogP contribution in [-0.2, 0) is 4.74 Å². The number of alkyl carbamates (subject to hydrolysis) is 1. The molecule has 1 atom stereocenters. The maximum absolute atomic E-state index is 13.0. The lowest BCUT2D eigenvalue weighted by atomic mass is 10.0. The Morgan fingerprint density at radius 1 is 1.30 bits per heavy atom. The number of phenols is 1. The number of hydrogen-bond donors (Lipinski definition) is 3. The summed E-state index contributed by atoms with van der Waals surface area (Å²) in [5.74, 6) is -0.576. The zero-order chi connectivity index (χ0) is 17.8. The van der Waals surface area contributed by atoms with Gasteiger partial charge in [0.05, 0.1) is 5.54 Å². The number of halogens is 1. The predicted octanol–water partition coefficient (Wildman–Crippen LogP) is 3.49. The minimum Gasteiger partial charge on any atom is -0.508 e. The zero-order valence-corrected chi connectivity index (χ0v) is 14.7. The summed E-state index contributed by atoms with van der Waals surface area (Å²) in [6.07, 6.45) is -0.485. The molecule has 1 unspecified atom stereocenters. The highest BCUT2D eigenvalue weighted by Crippen LogP contribution is 2.24. The van der Waals surface area contributed by atoms with Crippen molar-refractivity contribution in [3.05, 3.63) is 29.6 Å². The first-order valence-electron chi connectivity index (χ1n) is 7.62. The summed E-state index contributed by atoms with van der Waals surface area (Å²) in [6.45, 7) is 11.4. The van der Waals surface area contributed by atoms with Crippen LogP contribution < -0.4 is 10.6 Å². The molecule has 23 heavy (non-hydrogen) atoms. The maximum atomic E-state index is 13.0. The molecule has 0 bridgehead atoms. The lowest BCUT2D eigenvalue weighted by molar-refractivity contribution is 0.0471. The molecule has 0 spiro atoms. The Morgan fingerprint density at radius 2 is 1.91 bits per heavy atom. The van der Waals surface area contributed by atoms with Gasteiger partial charge in [0.15, 0.2) is 0 Å². The summed E-state index contributed by atoms with van der Waals surface area (Å²) >= 11 is 0. The third kappa shape index (κ3) is 6.86. The van der Waals surface area contributed by atoms with Crippen molar-refractivity contribution in [2.24, 2.45) is 0 Å². The second-order valence-corrected chi connectivity index (χ2v) is 7.32. The smallest absolute Gasteiger partial charge is 0.408 e. The van der Waals surface area contributed by atoms with Crippen molar-refractivity contribution in [3.63, 3.8) is 0 Å². The highest BCUT2D eigenvalue weighted by atomic mass is 19.1. The van der Waals surface area contributed by atoms with Crippen LogP contribution in [0.2, 0.25) is 0 Å². The molecule has 0 fully saturated rings. The molecule has 0 aliphatic carbocycles. The summed E-state index contributed by atoms with van der Waals surface area (Å²) in [5.41, 5.74) is -0.507. The van der Waals surface area contributed by atoms with Crippen LogP contribution in [0.3, 0.4) is 0 Å². The largest absolute Gasteiger partial charge is 0.508 e. The van der Waals surface area contributed by atoms with Gasteiger partial charge >= 0.3 is 6.09 Å². The second kappa shape index (κ2) is 7.17. The van der Waals surface area contributed by atoms with Crippen LogP contribution in [-0.4, -0.2) is 28.9 Å². The summed E-state index contributed by atoms with van der Waals surface area (Å²) in [4.78, 5) is 11.8. The Labute approximate surface area is 137 Å². The van der Waals surface area contributed by atoms with Gasteiger partial charge in [-0.05, 0) is 47.6 Å². The first-order valence-corrected chi connectivity index (χ1v) is 7.62. The van der Waals surface area contributed by atoms with E-state index < -0.39 is 23.1 Å². The van der Waals surface area contributed by atoms with Crippen LogP contribution in [0.4, 0.5) is 9.18 Å². The van der Waals surface area contributed by atoms with Crippen LogP contribution in [0.25, 0.3) is 0 Å². The van der Waals surface area contributed by atoms with E-state index in [1.54, 1.807) is 20.8 Å². The number of benzene rings is 1. The Bertz CT molecular complexity index is 553. The fourth-order valence-electron chi connectivity index (χ4n) is 2.03. The molecule has 0 heterocycles. The Balaban J connectivity index is 2.59. The number of amides is 1. The highest BCUT2D eigenvalue weighted by molar-refractivity contribution is 5.68. The first-order chi connectivity index (χ1) is 10.4. The summed E-state index contributed by atoms with van der Waals surface area (Å²) in [5, 5.41) is 15.8. The van der Waals surface area contributed by atoms with Gasteiger partial charge in [0, 0.05) is 24.2 Å². The van der Waals surface area contributed by atoms with Crippen LogP contribution in [0.15, 0.2) is 18.2 Å². The number of phenolic OH excluding ortho intramolecular Hbond substituents is 1. The van der Waals surface area contributed by atoms with Gasteiger partial charge in [0.25, 0.3) is 0 Å². The second-order valence-electron chi connectivity index (χ2n) is 7.32. The van der Waals surface area contributed by atoms with E-state index in [4.69, 9.17) is 4.74 Å². The van der Waals surface area contributed by atoms with E-state index in [1.165, 1.54) is 12.1 Å². The van der Waals surface area contributed by atoms with Crippen LogP contribution in [0, 0.1) is 5.82 Å². The normalized spacial score (nSPS) is 13.5. The fraction of sp³-hybridized carbons (Fsp3) is 0.588. The molecule has 1 aromatic rings. The van der Waals surface area contributed by atoms with Crippen LogP contribution >= 0.6 is 0 Å². The predicted molar refractivity (Wildman–Crippen MR) is 87.9 cm³/mol. The number of nitrogens with one attached hydrogen (secondary N) is 2. The highest BCUT2D eigenvalue weighted by Gasteiger charge is 2.25. The number of aromatic hydroxyl groups is 1. The third-order valence-electron chi connectivity index (χ3n) is 3.15. The van der Waals surface area contributed by atoms with Crippen molar-refractivity contribution in [3.8, 4) is 5.75 Å². The first kappa shape index (κ1) is 19.2. The van der Waals surface area contributed by atoms with Gasteiger partial charge in [-0.25, -0.2) is 9.18 Å². The average Bonchev–Trinajstić information content (AvgIpc) is 2.32.